The van der Waals surface area contributed by atoms with Crippen molar-refractivity contribution >= 4 is 56.6 Å². The van der Waals surface area contributed by atoms with Gasteiger partial charge in [-0.25, -0.2) is 0 Å². The van der Waals surface area contributed by atoms with E-state index >= 15 is 0 Å². The number of hydrogen-bond acceptors (Lipinski definition) is 2. The Morgan fingerprint density at radius 3 is 1.25 bits per heavy atom. The Hall–Kier alpha value is -0.500. The molecule has 2 nitrogen and oxygen atoms in total. The lowest BCUT2D eigenvalue weighted by Crippen LogP contribution is -1.82. The molecule has 0 atom stereocenters. The molecule has 84 valence electrons. The summed E-state index contributed by atoms with van der Waals surface area (Å²) < 4.78 is 2.37. The molecule has 2 aromatic carbocycles. The van der Waals surface area contributed by atoms with Gasteiger partial charge < -0.3 is 11.5 Å². The SMILES string of the molecule is Nc1cccc(I)c1.Nc1cccc(I)c1. The summed E-state index contributed by atoms with van der Waals surface area (Å²) in [7, 11) is 0. The molecule has 2 rings (SSSR count). The highest BCUT2D eigenvalue weighted by atomic mass is 127. The van der Waals surface area contributed by atoms with Crippen molar-refractivity contribution in [3.05, 3.63) is 55.7 Å². The standard InChI is InChI=1S/2C6H6IN/c2*7-5-2-1-3-6(8)4-5/h2*1-4H,8H2. The number of nitrogen functional groups attached to an aromatic ring is 2. The zero-order valence-electron chi connectivity index (χ0n) is 8.53. The molecule has 0 aliphatic carbocycles. The molecule has 4 N–H and O–H groups in total. The first-order valence-electron chi connectivity index (χ1n) is 4.60. The molecule has 0 unspecified atom stereocenters. The van der Waals surface area contributed by atoms with Gasteiger partial charge in [0.1, 0.15) is 0 Å². The minimum atomic E-state index is 0.830. The minimum absolute atomic E-state index is 0.830. The van der Waals surface area contributed by atoms with Crippen molar-refractivity contribution in [3.63, 3.8) is 0 Å². The summed E-state index contributed by atoms with van der Waals surface area (Å²) in [5.74, 6) is 0. The second-order valence-corrected chi connectivity index (χ2v) is 5.60. The fourth-order valence-electron chi connectivity index (χ4n) is 1.01. The van der Waals surface area contributed by atoms with E-state index in [2.05, 4.69) is 45.2 Å². The Labute approximate surface area is 123 Å². The van der Waals surface area contributed by atoms with Gasteiger partial charge >= 0.3 is 0 Å². The Morgan fingerprint density at radius 1 is 0.688 bits per heavy atom. The van der Waals surface area contributed by atoms with Crippen LogP contribution in [0.15, 0.2) is 48.5 Å². The highest BCUT2D eigenvalue weighted by Gasteiger charge is 1.83. The maximum atomic E-state index is 5.45. The Bertz CT molecular complexity index is 380. The van der Waals surface area contributed by atoms with Crippen molar-refractivity contribution in [2.75, 3.05) is 11.5 Å². The van der Waals surface area contributed by atoms with E-state index in [1.165, 1.54) is 7.14 Å². The molecule has 0 heterocycles. The summed E-state index contributed by atoms with van der Waals surface area (Å²) in [4.78, 5) is 0. The van der Waals surface area contributed by atoms with E-state index in [1.807, 2.05) is 48.5 Å². The third kappa shape index (κ3) is 5.55. The van der Waals surface area contributed by atoms with E-state index in [4.69, 9.17) is 11.5 Å². The highest BCUT2D eigenvalue weighted by molar-refractivity contribution is 14.1. The Kier molecular flexibility index (Phi) is 5.89. The zero-order chi connectivity index (χ0) is 12.0. The Balaban J connectivity index is 0.000000160. The molecule has 4 heteroatoms. The van der Waals surface area contributed by atoms with Crippen LogP contribution in [0.3, 0.4) is 0 Å². The van der Waals surface area contributed by atoms with Gasteiger partial charge in [-0.05, 0) is 81.6 Å². The molecule has 2 aromatic rings. The van der Waals surface area contributed by atoms with Crippen molar-refractivity contribution in [2.45, 2.75) is 0 Å². The third-order valence-corrected chi connectivity index (χ3v) is 3.04. The van der Waals surface area contributed by atoms with Crippen molar-refractivity contribution in [1.82, 2.24) is 0 Å². The number of nitrogens with two attached hydrogens (primary N) is 2. The fraction of sp³-hybridized carbons (Fsp3) is 0. The van der Waals surface area contributed by atoms with Gasteiger partial charge in [0.2, 0.25) is 0 Å². The minimum Gasteiger partial charge on any atom is -0.399 e. The molecule has 0 saturated carbocycles. The molecule has 16 heavy (non-hydrogen) atoms. The fourth-order valence-corrected chi connectivity index (χ4v) is 2.15. The van der Waals surface area contributed by atoms with Crippen molar-refractivity contribution in [2.24, 2.45) is 0 Å². The zero-order valence-corrected chi connectivity index (χ0v) is 12.8. The normalized spacial score (nSPS) is 9.12. The van der Waals surface area contributed by atoms with E-state index in [0.29, 0.717) is 0 Å². The first-order valence-corrected chi connectivity index (χ1v) is 6.76. The van der Waals surface area contributed by atoms with Crippen LogP contribution in [0.2, 0.25) is 0 Å². The predicted octanol–water partition coefficient (Wildman–Crippen LogP) is 3.75. The van der Waals surface area contributed by atoms with Gasteiger partial charge in [0.15, 0.2) is 0 Å². The quantitative estimate of drug-likeness (QED) is 0.487. The lowest BCUT2D eigenvalue weighted by atomic mass is 10.3. The van der Waals surface area contributed by atoms with Crippen LogP contribution in [0.5, 0.6) is 0 Å². The van der Waals surface area contributed by atoms with E-state index in [9.17, 15) is 0 Å². The molecule has 0 bridgehead atoms. The molecule has 0 spiro atoms. The molecule has 0 radical (unpaired) electrons. The summed E-state index contributed by atoms with van der Waals surface area (Å²) in [6, 6.07) is 15.5. The molecule has 0 fully saturated rings. The van der Waals surface area contributed by atoms with Gasteiger partial charge in [-0.1, -0.05) is 12.1 Å². The largest absolute Gasteiger partial charge is 0.399 e. The van der Waals surface area contributed by atoms with Gasteiger partial charge in [-0.3, -0.25) is 0 Å². The lowest BCUT2D eigenvalue weighted by Gasteiger charge is -1.89. The second kappa shape index (κ2) is 6.95. The summed E-state index contributed by atoms with van der Waals surface area (Å²) in [5.41, 5.74) is 12.6. The van der Waals surface area contributed by atoms with E-state index in [1.54, 1.807) is 0 Å². The van der Waals surface area contributed by atoms with Crippen LogP contribution in [-0.4, -0.2) is 0 Å². The van der Waals surface area contributed by atoms with E-state index in [0.717, 1.165) is 11.4 Å². The van der Waals surface area contributed by atoms with Crippen LogP contribution in [0.4, 0.5) is 11.4 Å². The molecule has 0 aromatic heterocycles. The first-order chi connectivity index (χ1) is 7.58. The second-order valence-electron chi connectivity index (χ2n) is 3.11. The average molecular weight is 438 g/mol. The number of hydrogen-bond donors (Lipinski definition) is 2. The third-order valence-electron chi connectivity index (χ3n) is 1.70. The number of anilines is 2. The maximum absolute atomic E-state index is 5.45. The highest BCUT2D eigenvalue weighted by Crippen LogP contribution is 2.08. The molecule has 0 amide bonds. The van der Waals surface area contributed by atoms with Gasteiger partial charge in [-0.2, -0.15) is 0 Å². The van der Waals surface area contributed by atoms with Gasteiger partial charge in [0.05, 0.1) is 0 Å². The van der Waals surface area contributed by atoms with Crippen LogP contribution in [0.25, 0.3) is 0 Å². The lowest BCUT2D eigenvalue weighted by molar-refractivity contribution is 1.63. The smallest absolute Gasteiger partial charge is 0.0324 e. The number of benzene rings is 2. The molecule has 0 saturated heterocycles. The van der Waals surface area contributed by atoms with Crippen molar-refractivity contribution < 1.29 is 0 Å². The summed E-state index contributed by atoms with van der Waals surface area (Å²) >= 11 is 4.45. The van der Waals surface area contributed by atoms with Crippen LogP contribution in [0, 0.1) is 7.14 Å². The van der Waals surface area contributed by atoms with Crippen molar-refractivity contribution in [1.29, 1.82) is 0 Å². The topological polar surface area (TPSA) is 52.0 Å². The average Bonchev–Trinajstić information content (AvgIpc) is 2.17. The molecular formula is C12H12I2N2. The summed E-state index contributed by atoms with van der Waals surface area (Å²) in [6.45, 7) is 0. The Morgan fingerprint density at radius 2 is 1.06 bits per heavy atom. The van der Waals surface area contributed by atoms with E-state index in [-0.39, 0.29) is 0 Å². The molecular weight excluding hydrogens is 426 g/mol. The van der Waals surface area contributed by atoms with Crippen LogP contribution >= 0.6 is 45.2 Å². The monoisotopic (exact) mass is 438 g/mol. The molecule has 0 aliphatic rings. The summed E-state index contributed by atoms with van der Waals surface area (Å²) in [6.07, 6.45) is 0. The van der Waals surface area contributed by atoms with Crippen molar-refractivity contribution in [3.8, 4) is 0 Å². The van der Waals surface area contributed by atoms with Crippen LogP contribution in [-0.2, 0) is 0 Å². The first kappa shape index (κ1) is 13.6. The predicted molar refractivity (Wildman–Crippen MR) is 87.1 cm³/mol. The van der Waals surface area contributed by atoms with Crippen LogP contribution in [0.1, 0.15) is 0 Å². The van der Waals surface area contributed by atoms with Gasteiger partial charge in [0, 0.05) is 18.5 Å². The van der Waals surface area contributed by atoms with Gasteiger partial charge in [0.25, 0.3) is 0 Å². The summed E-state index contributed by atoms with van der Waals surface area (Å²) in [5, 5.41) is 0. The maximum Gasteiger partial charge on any atom is 0.0324 e. The number of rotatable bonds is 0. The van der Waals surface area contributed by atoms with Crippen LogP contribution < -0.4 is 11.5 Å². The van der Waals surface area contributed by atoms with Gasteiger partial charge in [-0.15, -0.1) is 0 Å². The van der Waals surface area contributed by atoms with E-state index < -0.39 is 0 Å². The molecule has 0 aliphatic heterocycles. The number of halogens is 2.